The van der Waals surface area contributed by atoms with Crippen molar-refractivity contribution in [2.75, 3.05) is 6.61 Å². The van der Waals surface area contributed by atoms with Crippen molar-refractivity contribution in [3.63, 3.8) is 0 Å². The lowest BCUT2D eigenvalue weighted by Crippen LogP contribution is -2.44. The van der Waals surface area contributed by atoms with E-state index in [0.29, 0.717) is 53.4 Å². The number of non-ortho nitro benzene ring substituents is 1. The number of benzene rings is 3. The summed E-state index contributed by atoms with van der Waals surface area (Å²) in [7, 11) is 0. The van der Waals surface area contributed by atoms with Gasteiger partial charge in [0.15, 0.2) is 0 Å². The second kappa shape index (κ2) is 13.3. The Hall–Kier alpha value is -4.24. The van der Waals surface area contributed by atoms with Crippen molar-refractivity contribution >= 4 is 17.4 Å². The SMILES string of the molecule is C[C@]12CCC3c4ccc(O)cc4CCC3C1CC(C(=O)O/N=C(/c1ccc(OCC3CCCCC3)cc1)c1ccc([N+](=O)[O-])cc1)[C@@H]2O. The summed E-state index contributed by atoms with van der Waals surface area (Å²) in [5.74, 6) is 1.17. The number of rotatable bonds is 8. The third kappa shape index (κ3) is 6.20. The molecular formula is C39H44N2O7. The van der Waals surface area contributed by atoms with Gasteiger partial charge in [0.2, 0.25) is 0 Å². The number of hydrogen-bond acceptors (Lipinski definition) is 8. The normalized spacial score (nSPS) is 28.5. The van der Waals surface area contributed by atoms with Crippen molar-refractivity contribution in [1.82, 2.24) is 0 Å². The maximum atomic E-state index is 13.7. The molecule has 4 aliphatic carbocycles. The maximum absolute atomic E-state index is 13.7. The average Bonchev–Trinajstić information content (AvgIpc) is 3.38. The van der Waals surface area contributed by atoms with Crippen LogP contribution in [0.1, 0.15) is 92.9 Å². The summed E-state index contributed by atoms with van der Waals surface area (Å²) >= 11 is 0. The Kier molecular flexibility index (Phi) is 8.98. The molecule has 2 N–H and O–H groups in total. The number of aromatic hydroxyl groups is 1. The number of ether oxygens (including phenoxy) is 1. The molecule has 0 bridgehead atoms. The molecule has 0 radical (unpaired) electrons. The third-order valence-corrected chi connectivity index (χ3v) is 11.9. The van der Waals surface area contributed by atoms with Gasteiger partial charge in [-0.25, -0.2) is 4.79 Å². The Bertz CT molecular complexity index is 1680. The molecule has 0 aliphatic heterocycles. The Labute approximate surface area is 281 Å². The molecule has 48 heavy (non-hydrogen) atoms. The van der Waals surface area contributed by atoms with Gasteiger partial charge in [-0.1, -0.05) is 37.4 Å². The second-order valence-electron chi connectivity index (χ2n) is 14.6. The fourth-order valence-corrected chi connectivity index (χ4v) is 9.26. The van der Waals surface area contributed by atoms with E-state index in [1.165, 1.54) is 55.4 Å². The molecule has 3 fully saturated rings. The van der Waals surface area contributed by atoms with E-state index in [9.17, 15) is 25.1 Å². The quantitative estimate of drug-likeness (QED) is 0.110. The summed E-state index contributed by atoms with van der Waals surface area (Å²) in [6.45, 7) is 2.79. The number of aliphatic hydroxyl groups is 1. The molecule has 0 heterocycles. The van der Waals surface area contributed by atoms with E-state index in [1.54, 1.807) is 18.2 Å². The second-order valence-corrected chi connectivity index (χ2v) is 14.6. The minimum absolute atomic E-state index is 0.0491. The number of aliphatic hydroxyl groups excluding tert-OH is 1. The summed E-state index contributed by atoms with van der Waals surface area (Å²) in [4.78, 5) is 30.2. The molecule has 4 unspecified atom stereocenters. The van der Waals surface area contributed by atoms with E-state index in [4.69, 9.17) is 9.57 Å². The maximum Gasteiger partial charge on any atom is 0.340 e. The van der Waals surface area contributed by atoms with Crippen LogP contribution in [0.25, 0.3) is 0 Å². The standard InChI is InChI=1S/C39H44N2O7/c1-39-20-19-32-31-18-14-29(42)21-27(31)11-17-33(32)35(39)22-34(37(39)43)38(44)48-40-36(25-7-12-28(13-8-25)41(45)46)26-9-15-30(16-10-26)47-23-24-5-3-2-4-6-24/h7-10,12-16,18,21,24,32-35,37,42-43H,2-6,11,17,19-20,22-23H2,1H3/b40-36+/t32?,33?,34?,35?,37-,39-/m0/s1. The van der Waals surface area contributed by atoms with Crippen molar-refractivity contribution in [3.8, 4) is 11.5 Å². The van der Waals surface area contributed by atoms with Crippen LogP contribution in [-0.2, 0) is 16.1 Å². The molecule has 3 aromatic carbocycles. The number of carbonyl (C=O) groups excluding carboxylic acids is 1. The van der Waals surface area contributed by atoms with Crippen LogP contribution in [-0.4, -0.2) is 39.5 Å². The Balaban J connectivity index is 1.10. The van der Waals surface area contributed by atoms with Gasteiger partial charge in [-0.2, -0.15) is 0 Å². The molecule has 9 nitrogen and oxygen atoms in total. The number of carbonyl (C=O) groups is 1. The zero-order valence-corrected chi connectivity index (χ0v) is 27.4. The zero-order valence-electron chi connectivity index (χ0n) is 27.4. The van der Waals surface area contributed by atoms with Crippen LogP contribution in [0, 0.1) is 39.2 Å². The molecule has 6 atom stereocenters. The zero-order chi connectivity index (χ0) is 33.4. The number of fused-ring (bicyclic) bond motifs is 5. The molecule has 0 amide bonds. The van der Waals surface area contributed by atoms with Crippen LogP contribution >= 0.6 is 0 Å². The average molecular weight is 653 g/mol. The van der Waals surface area contributed by atoms with Crippen LogP contribution < -0.4 is 4.74 Å². The van der Waals surface area contributed by atoms with Crippen LogP contribution in [0.2, 0.25) is 0 Å². The summed E-state index contributed by atoms with van der Waals surface area (Å²) < 4.78 is 6.08. The first-order valence-electron chi connectivity index (χ1n) is 17.5. The Morgan fingerprint density at radius 2 is 1.69 bits per heavy atom. The lowest BCUT2D eigenvalue weighted by Gasteiger charge is -2.50. The molecule has 3 saturated carbocycles. The summed E-state index contributed by atoms with van der Waals surface area (Å²) in [6.07, 6.45) is 9.41. The number of hydrogen-bond donors (Lipinski definition) is 2. The number of oxime groups is 1. The lowest BCUT2D eigenvalue weighted by atomic mass is 9.55. The Morgan fingerprint density at radius 3 is 2.40 bits per heavy atom. The van der Waals surface area contributed by atoms with Crippen molar-refractivity contribution in [1.29, 1.82) is 0 Å². The molecule has 0 aromatic heterocycles. The van der Waals surface area contributed by atoms with Crippen LogP contribution in [0.3, 0.4) is 0 Å². The number of nitrogens with zero attached hydrogens (tertiary/aromatic N) is 2. The largest absolute Gasteiger partial charge is 0.508 e. The molecule has 252 valence electrons. The van der Waals surface area contributed by atoms with Gasteiger partial charge in [-0.3, -0.25) is 10.1 Å². The Morgan fingerprint density at radius 1 is 0.979 bits per heavy atom. The van der Waals surface area contributed by atoms with Crippen LogP contribution in [0.5, 0.6) is 11.5 Å². The molecule has 3 aromatic rings. The van der Waals surface area contributed by atoms with Gasteiger partial charge in [-0.15, -0.1) is 0 Å². The van der Waals surface area contributed by atoms with Crippen molar-refractivity contribution in [3.05, 3.63) is 99.1 Å². The van der Waals surface area contributed by atoms with E-state index in [1.807, 2.05) is 36.4 Å². The number of nitro groups is 1. The number of aryl methyl sites for hydroxylation is 1. The van der Waals surface area contributed by atoms with Gasteiger partial charge in [0.25, 0.3) is 5.69 Å². The minimum Gasteiger partial charge on any atom is -0.508 e. The van der Waals surface area contributed by atoms with E-state index >= 15 is 0 Å². The fraction of sp³-hybridized carbons (Fsp3) is 0.487. The number of nitro benzene ring substituents is 1. The van der Waals surface area contributed by atoms with Gasteiger partial charge in [-0.05, 0) is 134 Å². The molecule has 7 rings (SSSR count). The van der Waals surface area contributed by atoms with Crippen LogP contribution in [0.4, 0.5) is 5.69 Å². The first kappa shape index (κ1) is 32.3. The van der Waals surface area contributed by atoms with Gasteiger partial charge < -0.3 is 19.8 Å². The van der Waals surface area contributed by atoms with E-state index in [-0.39, 0.29) is 11.6 Å². The smallest absolute Gasteiger partial charge is 0.340 e. The first-order valence-corrected chi connectivity index (χ1v) is 17.5. The van der Waals surface area contributed by atoms with Gasteiger partial charge in [0.1, 0.15) is 17.2 Å². The predicted octanol–water partition coefficient (Wildman–Crippen LogP) is 7.70. The molecule has 0 saturated heterocycles. The van der Waals surface area contributed by atoms with E-state index in [0.717, 1.165) is 31.4 Å². The molecular weight excluding hydrogens is 608 g/mol. The minimum atomic E-state index is -0.851. The van der Waals surface area contributed by atoms with Crippen molar-refractivity contribution < 1.29 is 29.5 Å². The number of phenolic OH excluding ortho intramolecular Hbond substituents is 1. The first-order chi connectivity index (χ1) is 23.2. The third-order valence-electron chi connectivity index (χ3n) is 11.9. The topological polar surface area (TPSA) is 131 Å². The van der Waals surface area contributed by atoms with Crippen molar-refractivity contribution in [2.24, 2.45) is 34.2 Å². The predicted molar refractivity (Wildman–Crippen MR) is 181 cm³/mol. The summed E-state index contributed by atoms with van der Waals surface area (Å²) in [6, 6.07) is 19.1. The molecule has 9 heteroatoms. The van der Waals surface area contributed by atoms with Crippen molar-refractivity contribution in [2.45, 2.75) is 83.2 Å². The highest BCUT2D eigenvalue weighted by Crippen LogP contribution is 2.62. The van der Waals surface area contributed by atoms with Crippen LogP contribution in [0.15, 0.2) is 71.9 Å². The molecule has 0 spiro atoms. The lowest BCUT2D eigenvalue weighted by molar-refractivity contribution is -0.384. The monoisotopic (exact) mass is 652 g/mol. The highest BCUT2D eigenvalue weighted by molar-refractivity contribution is 6.13. The summed E-state index contributed by atoms with van der Waals surface area (Å²) in [5.41, 5.74) is 3.63. The fourth-order valence-electron chi connectivity index (χ4n) is 9.26. The highest BCUT2D eigenvalue weighted by Gasteiger charge is 2.60. The van der Waals surface area contributed by atoms with E-state index < -0.39 is 28.3 Å². The summed E-state index contributed by atoms with van der Waals surface area (Å²) in [5, 5.41) is 37.3. The van der Waals surface area contributed by atoms with Gasteiger partial charge in [0, 0.05) is 23.3 Å². The number of phenols is 1. The highest BCUT2D eigenvalue weighted by atomic mass is 16.7. The van der Waals surface area contributed by atoms with E-state index in [2.05, 4.69) is 12.1 Å². The van der Waals surface area contributed by atoms with Gasteiger partial charge in [0.05, 0.1) is 23.6 Å². The van der Waals surface area contributed by atoms with Gasteiger partial charge >= 0.3 is 5.97 Å². The molecule has 4 aliphatic rings.